The van der Waals surface area contributed by atoms with Gasteiger partial charge in [-0.3, -0.25) is 4.79 Å². The lowest BCUT2D eigenvalue weighted by Gasteiger charge is -2.24. The summed E-state index contributed by atoms with van der Waals surface area (Å²) in [4.78, 5) is 15.4. The fourth-order valence-electron chi connectivity index (χ4n) is 2.99. The molecule has 1 saturated carbocycles. The highest BCUT2D eigenvalue weighted by Crippen LogP contribution is 2.43. The van der Waals surface area contributed by atoms with E-state index in [1.165, 1.54) is 0 Å². The van der Waals surface area contributed by atoms with Gasteiger partial charge in [0.15, 0.2) is 5.82 Å². The largest absolute Gasteiger partial charge is 0.481 e. The Morgan fingerprint density at radius 3 is 2.68 bits per heavy atom. The Morgan fingerprint density at radius 1 is 1.42 bits per heavy atom. The lowest BCUT2D eigenvalue weighted by Crippen LogP contribution is -2.24. The van der Waals surface area contributed by atoms with Gasteiger partial charge in [0, 0.05) is 12.8 Å². The molecule has 0 bridgehead atoms. The van der Waals surface area contributed by atoms with Crippen LogP contribution < -0.4 is 0 Å². The molecule has 0 saturated heterocycles. The van der Waals surface area contributed by atoms with Gasteiger partial charge in [-0.15, -0.1) is 0 Å². The van der Waals surface area contributed by atoms with E-state index in [9.17, 15) is 4.79 Å². The zero-order chi connectivity index (χ0) is 13.9. The smallest absolute Gasteiger partial charge is 0.303 e. The fraction of sp³-hybridized carbons (Fsp3) is 0.786. The van der Waals surface area contributed by atoms with E-state index in [-0.39, 0.29) is 11.8 Å². The first kappa shape index (κ1) is 14.0. The van der Waals surface area contributed by atoms with Gasteiger partial charge in [-0.05, 0) is 24.2 Å². The molecular weight excluding hydrogens is 244 g/mol. The minimum absolute atomic E-state index is 0.173. The van der Waals surface area contributed by atoms with E-state index in [0.29, 0.717) is 18.2 Å². The Kier molecular flexibility index (Phi) is 4.22. The van der Waals surface area contributed by atoms with Gasteiger partial charge in [0.05, 0.1) is 6.42 Å². The van der Waals surface area contributed by atoms with E-state index in [1.54, 1.807) is 0 Å². The van der Waals surface area contributed by atoms with E-state index < -0.39 is 5.97 Å². The number of carboxylic acid groups (broad SMARTS) is 1. The number of nitrogens with zero attached hydrogens (tertiary/aromatic N) is 2. The molecule has 5 heteroatoms. The number of aromatic nitrogens is 2. The van der Waals surface area contributed by atoms with Gasteiger partial charge < -0.3 is 9.63 Å². The van der Waals surface area contributed by atoms with Crippen LogP contribution in [0.4, 0.5) is 0 Å². The second-order valence-electron chi connectivity index (χ2n) is 6.16. The van der Waals surface area contributed by atoms with Crippen molar-refractivity contribution < 1.29 is 14.4 Å². The Balaban J connectivity index is 2.05. The number of aliphatic carboxylic acids is 1. The molecule has 0 amide bonds. The van der Waals surface area contributed by atoms with Crippen molar-refractivity contribution in [1.29, 1.82) is 0 Å². The van der Waals surface area contributed by atoms with Crippen molar-refractivity contribution in [2.45, 2.75) is 58.8 Å². The third kappa shape index (κ3) is 3.78. The van der Waals surface area contributed by atoms with Gasteiger partial charge in [-0.2, -0.15) is 4.98 Å². The molecule has 1 fully saturated rings. The molecular formula is C14H22N2O3. The molecule has 0 spiro atoms. The maximum Gasteiger partial charge on any atom is 0.303 e. The molecule has 0 radical (unpaired) electrons. The van der Waals surface area contributed by atoms with Crippen LogP contribution in [0, 0.1) is 11.3 Å². The molecule has 0 aromatic carbocycles. The van der Waals surface area contributed by atoms with E-state index in [0.717, 1.165) is 37.9 Å². The number of hydrogen-bond donors (Lipinski definition) is 1. The second kappa shape index (κ2) is 5.72. The molecule has 5 nitrogen and oxygen atoms in total. The summed E-state index contributed by atoms with van der Waals surface area (Å²) in [5.41, 5.74) is -0.173. The van der Waals surface area contributed by atoms with Crippen LogP contribution in [0.3, 0.4) is 0 Å². The first-order chi connectivity index (χ1) is 8.99. The Bertz CT molecular complexity index is 434. The molecule has 0 atom stereocenters. The highest BCUT2D eigenvalue weighted by atomic mass is 16.5. The van der Waals surface area contributed by atoms with Crippen molar-refractivity contribution in [2.75, 3.05) is 0 Å². The molecule has 0 aliphatic heterocycles. The van der Waals surface area contributed by atoms with E-state index >= 15 is 0 Å². The van der Waals surface area contributed by atoms with Crippen molar-refractivity contribution in [1.82, 2.24) is 10.1 Å². The van der Waals surface area contributed by atoms with Crippen molar-refractivity contribution in [3.8, 4) is 0 Å². The zero-order valence-electron chi connectivity index (χ0n) is 11.7. The van der Waals surface area contributed by atoms with Gasteiger partial charge in [-0.1, -0.05) is 31.8 Å². The minimum Gasteiger partial charge on any atom is -0.481 e. The van der Waals surface area contributed by atoms with Crippen LogP contribution >= 0.6 is 0 Å². The Hall–Kier alpha value is -1.39. The summed E-state index contributed by atoms with van der Waals surface area (Å²) in [5, 5.41) is 13.0. The molecule has 1 aliphatic rings. The first-order valence-corrected chi connectivity index (χ1v) is 7.02. The maximum atomic E-state index is 11.0. The minimum atomic E-state index is -0.733. The molecule has 1 aromatic rings. The van der Waals surface area contributed by atoms with Gasteiger partial charge >= 0.3 is 5.97 Å². The van der Waals surface area contributed by atoms with Crippen LogP contribution in [0.2, 0.25) is 0 Å². The monoisotopic (exact) mass is 266 g/mol. The van der Waals surface area contributed by atoms with Crippen molar-refractivity contribution in [3.63, 3.8) is 0 Å². The summed E-state index contributed by atoms with van der Waals surface area (Å²) in [7, 11) is 0. The van der Waals surface area contributed by atoms with Gasteiger partial charge in [0.1, 0.15) is 0 Å². The predicted molar refractivity (Wildman–Crippen MR) is 69.7 cm³/mol. The number of carboxylic acids is 1. The lowest BCUT2D eigenvalue weighted by molar-refractivity contribution is -0.139. The standard InChI is InChI=1S/C14H22N2O3/c1-10(2)7-11-15-12(19-16-11)8-14(9-13(17)18)5-3-4-6-14/h10H,3-9H2,1-2H3,(H,17,18). The topological polar surface area (TPSA) is 76.2 Å². The third-order valence-electron chi connectivity index (χ3n) is 3.82. The quantitative estimate of drug-likeness (QED) is 0.856. The second-order valence-corrected chi connectivity index (χ2v) is 6.16. The molecule has 106 valence electrons. The SMILES string of the molecule is CC(C)Cc1noc(CC2(CC(=O)O)CCCC2)n1. The summed E-state index contributed by atoms with van der Waals surface area (Å²) < 4.78 is 5.28. The number of hydrogen-bond acceptors (Lipinski definition) is 4. The van der Waals surface area contributed by atoms with Crippen LogP contribution in [0.5, 0.6) is 0 Å². The highest BCUT2D eigenvalue weighted by molar-refractivity contribution is 5.67. The van der Waals surface area contributed by atoms with E-state index in [1.807, 2.05) is 0 Å². The molecule has 1 N–H and O–H groups in total. The van der Waals surface area contributed by atoms with Gasteiger partial charge in [0.25, 0.3) is 0 Å². The van der Waals surface area contributed by atoms with E-state index in [2.05, 4.69) is 24.0 Å². The summed E-state index contributed by atoms with van der Waals surface area (Å²) >= 11 is 0. The highest BCUT2D eigenvalue weighted by Gasteiger charge is 2.37. The predicted octanol–water partition coefficient (Wildman–Crippen LogP) is 2.85. The summed E-state index contributed by atoms with van der Waals surface area (Å²) in [5.74, 6) is 1.08. The number of rotatable bonds is 6. The molecule has 19 heavy (non-hydrogen) atoms. The van der Waals surface area contributed by atoms with Crippen molar-refractivity contribution in [2.24, 2.45) is 11.3 Å². The fourth-order valence-corrected chi connectivity index (χ4v) is 2.99. The van der Waals surface area contributed by atoms with Crippen molar-refractivity contribution >= 4 is 5.97 Å². The maximum absolute atomic E-state index is 11.0. The Labute approximate surface area is 113 Å². The van der Waals surface area contributed by atoms with Crippen LogP contribution in [-0.4, -0.2) is 21.2 Å². The molecule has 1 heterocycles. The molecule has 0 unspecified atom stereocenters. The average Bonchev–Trinajstić information content (AvgIpc) is 2.87. The van der Waals surface area contributed by atoms with Crippen LogP contribution in [0.25, 0.3) is 0 Å². The molecule has 1 aliphatic carbocycles. The first-order valence-electron chi connectivity index (χ1n) is 7.02. The third-order valence-corrected chi connectivity index (χ3v) is 3.82. The lowest BCUT2D eigenvalue weighted by atomic mass is 9.79. The van der Waals surface area contributed by atoms with Crippen molar-refractivity contribution in [3.05, 3.63) is 11.7 Å². The summed E-state index contributed by atoms with van der Waals surface area (Å²) in [6.45, 7) is 4.22. The Morgan fingerprint density at radius 2 is 2.11 bits per heavy atom. The zero-order valence-corrected chi connectivity index (χ0v) is 11.7. The average molecular weight is 266 g/mol. The van der Waals surface area contributed by atoms with E-state index in [4.69, 9.17) is 9.63 Å². The van der Waals surface area contributed by atoms with Gasteiger partial charge in [-0.25, -0.2) is 0 Å². The van der Waals surface area contributed by atoms with Gasteiger partial charge in [0.2, 0.25) is 5.89 Å². The molecule has 1 aromatic heterocycles. The summed E-state index contributed by atoms with van der Waals surface area (Å²) in [6.07, 6.45) is 5.69. The number of carbonyl (C=O) groups is 1. The summed E-state index contributed by atoms with van der Waals surface area (Å²) in [6, 6.07) is 0. The van der Waals surface area contributed by atoms with Crippen LogP contribution in [0.15, 0.2) is 4.52 Å². The van der Waals surface area contributed by atoms with Crippen LogP contribution in [0.1, 0.15) is 57.7 Å². The van der Waals surface area contributed by atoms with Crippen LogP contribution in [-0.2, 0) is 17.6 Å². The molecule has 2 rings (SSSR count). The normalized spacial score (nSPS) is 18.1.